The van der Waals surface area contributed by atoms with Gasteiger partial charge in [0.25, 0.3) is 0 Å². The van der Waals surface area contributed by atoms with Crippen molar-refractivity contribution in [2.75, 3.05) is 26.2 Å². The number of hydrogen-bond acceptors (Lipinski definition) is 3. The fourth-order valence-corrected chi connectivity index (χ4v) is 2.55. The zero-order valence-corrected chi connectivity index (χ0v) is 13.4. The molecule has 4 nitrogen and oxygen atoms in total. The van der Waals surface area contributed by atoms with Crippen LogP contribution in [0.5, 0.6) is 0 Å². The van der Waals surface area contributed by atoms with Gasteiger partial charge in [-0.2, -0.15) is 0 Å². The van der Waals surface area contributed by atoms with Crippen molar-refractivity contribution in [1.29, 1.82) is 0 Å². The maximum absolute atomic E-state index is 11.8. The first-order valence-corrected chi connectivity index (χ1v) is 7.82. The molecule has 1 aromatic rings. The van der Waals surface area contributed by atoms with Crippen molar-refractivity contribution in [2.24, 2.45) is 0 Å². The molecule has 0 saturated carbocycles. The molecule has 1 rings (SSSR count). The molecule has 2 N–H and O–H groups in total. The van der Waals surface area contributed by atoms with E-state index in [1.54, 1.807) is 0 Å². The summed E-state index contributed by atoms with van der Waals surface area (Å²) in [6, 6.07) is 9.82. The van der Waals surface area contributed by atoms with E-state index in [4.69, 9.17) is 0 Å². The van der Waals surface area contributed by atoms with Gasteiger partial charge in [-0.15, -0.1) is 0 Å². The number of hydrogen-bond donors (Lipinski definition) is 2. The van der Waals surface area contributed by atoms with Crippen molar-refractivity contribution in [3.05, 3.63) is 35.9 Å². The van der Waals surface area contributed by atoms with Gasteiger partial charge in [0.15, 0.2) is 0 Å². The van der Waals surface area contributed by atoms with E-state index in [1.165, 1.54) is 0 Å². The van der Waals surface area contributed by atoms with Crippen LogP contribution in [0.1, 0.15) is 32.8 Å². The molecule has 1 aromatic carbocycles. The Morgan fingerprint density at radius 1 is 1.19 bits per heavy atom. The lowest BCUT2D eigenvalue weighted by atomic mass is 9.88. The number of carbonyl (C=O) groups is 1. The summed E-state index contributed by atoms with van der Waals surface area (Å²) < 4.78 is 0. The lowest BCUT2D eigenvalue weighted by Crippen LogP contribution is -2.55. The summed E-state index contributed by atoms with van der Waals surface area (Å²) in [6.07, 6.45) is 1.08. The number of nitrogens with zero attached hydrogens (tertiary/aromatic N) is 1. The van der Waals surface area contributed by atoms with E-state index in [0.29, 0.717) is 19.4 Å². The first-order valence-electron chi connectivity index (χ1n) is 7.82. The van der Waals surface area contributed by atoms with Gasteiger partial charge in [0.1, 0.15) is 5.54 Å². The van der Waals surface area contributed by atoms with E-state index in [1.807, 2.05) is 37.3 Å². The molecule has 0 aliphatic heterocycles. The molecular formula is C17H28N2O2. The molecule has 0 aliphatic rings. The molecule has 118 valence electrons. The summed E-state index contributed by atoms with van der Waals surface area (Å²) >= 11 is 0. The molecule has 0 aromatic heterocycles. The number of rotatable bonds is 10. The van der Waals surface area contributed by atoms with E-state index < -0.39 is 11.5 Å². The molecule has 21 heavy (non-hydrogen) atoms. The smallest absolute Gasteiger partial charge is 0.324 e. The molecule has 0 amide bonds. The number of nitrogens with one attached hydrogen (secondary N) is 1. The standard InChI is InChI=1S/C17H28N2O2/c1-4-17(16(20)21,14-15-10-8-7-9-11-15)18-12-13-19(5-2)6-3/h7-11,18H,4-6,12-14H2,1-3H3,(H,20,21). The van der Waals surface area contributed by atoms with Gasteiger partial charge in [-0.1, -0.05) is 51.1 Å². The first-order chi connectivity index (χ1) is 10.1. The van der Waals surface area contributed by atoms with Gasteiger partial charge in [0.05, 0.1) is 0 Å². The number of carboxylic acids is 1. The van der Waals surface area contributed by atoms with Crippen molar-refractivity contribution in [1.82, 2.24) is 10.2 Å². The van der Waals surface area contributed by atoms with Crippen LogP contribution in [0.3, 0.4) is 0 Å². The highest BCUT2D eigenvalue weighted by Crippen LogP contribution is 2.18. The Balaban J connectivity index is 2.72. The van der Waals surface area contributed by atoms with Crippen LogP contribution in [0, 0.1) is 0 Å². The zero-order valence-electron chi connectivity index (χ0n) is 13.4. The molecule has 0 spiro atoms. The molecule has 0 radical (unpaired) electrons. The summed E-state index contributed by atoms with van der Waals surface area (Å²) in [5.41, 5.74) is 0.172. The van der Waals surface area contributed by atoms with Crippen molar-refractivity contribution in [2.45, 2.75) is 39.2 Å². The Morgan fingerprint density at radius 3 is 2.29 bits per heavy atom. The van der Waals surface area contributed by atoms with Gasteiger partial charge in [-0.25, -0.2) is 0 Å². The molecule has 0 heterocycles. The molecule has 0 saturated heterocycles. The largest absolute Gasteiger partial charge is 0.480 e. The van der Waals surface area contributed by atoms with Crippen molar-refractivity contribution >= 4 is 5.97 Å². The number of likely N-dealkylation sites (N-methyl/N-ethyl adjacent to an activating group) is 1. The highest BCUT2D eigenvalue weighted by Gasteiger charge is 2.36. The second kappa shape index (κ2) is 8.80. The molecule has 4 heteroatoms. The lowest BCUT2D eigenvalue weighted by molar-refractivity contribution is -0.145. The summed E-state index contributed by atoms with van der Waals surface area (Å²) in [6.45, 7) is 9.72. The second-order valence-corrected chi connectivity index (χ2v) is 5.36. The topological polar surface area (TPSA) is 52.6 Å². The Morgan fingerprint density at radius 2 is 1.81 bits per heavy atom. The molecule has 0 fully saturated rings. The van der Waals surface area contributed by atoms with Gasteiger partial charge in [-0.3, -0.25) is 4.79 Å². The Kier molecular flexibility index (Phi) is 7.40. The van der Waals surface area contributed by atoms with Crippen LogP contribution in [0.25, 0.3) is 0 Å². The minimum atomic E-state index is -0.880. The highest BCUT2D eigenvalue weighted by atomic mass is 16.4. The van der Waals surface area contributed by atoms with Crippen LogP contribution >= 0.6 is 0 Å². The zero-order chi connectivity index (χ0) is 15.7. The number of benzene rings is 1. The number of carboxylic acid groups (broad SMARTS) is 1. The highest BCUT2D eigenvalue weighted by molar-refractivity contribution is 5.79. The van der Waals surface area contributed by atoms with E-state index in [-0.39, 0.29) is 0 Å². The predicted octanol–water partition coefficient (Wildman–Crippen LogP) is 2.39. The SMILES string of the molecule is CCN(CC)CCNC(CC)(Cc1ccccc1)C(=O)O. The van der Waals surface area contributed by atoms with Crippen molar-refractivity contribution < 1.29 is 9.90 Å². The van der Waals surface area contributed by atoms with Gasteiger partial charge in [0.2, 0.25) is 0 Å². The van der Waals surface area contributed by atoms with Crippen molar-refractivity contribution in [3.63, 3.8) is 0 Å². The summed E-state index contributed by atoms with van der Waals surface area (Å²) in [5, 5.41) is 13.0. The lowest BCUT2D eigenvalue weighted by Gasteiger charge is -2.31. The Labute approximate surface area is 128 Å². The Hall–Kier alpha value is -1.39. The normalized spacial score (nSPS) is 14.1. The van der Waals surface area contributed by atoms with Gasteiger partial charge in [-0.05, 0) is 25.1 Å². The fraction of sp³-hybridized carbons (Fsp3) is 0.588. The quantitative estimate of drug-likeness (QED) is 0.695. The molecule has 0 aliphatic carbocycles. The van der Waals surface area contributed by atoms with Crippen LogP contribution in [-0.2, 0) is 11.2 Å². The van der Waals surface area contributed by atoms with Gasteiger partial charge < -0.3 is 15.3 Å². The third kappa shape index (κ3) is 5.14. The maximum Gasteiger partial charge on any atom is 0.324 e. The van der Waals surface area contributed by atoms with Crippen LogP contribution in [-0.4, -0.2) is 47.7 Å². The summed E-state index contributed by atoms with van der Waals surface area (Å²) in [4.78, 5) is 14.1. The first kappa shape index (κ1) is 17.7. The third-order valence-corrected chi connectivity index (χ3v) is 4.15. The molecule has 0 bridgehead atoms. The monoisotopic (exact) mass is 292 g/mol. The average Bonchev–Trinajstić information content (AvgIpc) is 2.51. The van der Waals surface area contributed by atoms with Gasteiger partial charge in [0, 0.05) is 19.5 Å². The van der Waals surface area contributed by atoms with Crippen molar-refractivity contribution in [3.8, 4) is 0 Å². The molecular weight excluding hydrogens is 264 g/mol. The minimum Gasteiger partial charge on any atom is -0.480 e. The molecule has 1 atom stereocenters. The maximum atomic E-state index is 11.8. The van der Waals surface area contributed by atoms with Crippen LogP contribution in [0.4, 0.5) is 0 Å². The van der Waals surface area contributed by atoms with Crippen LogP contribution in [0.15, 0.2) is 30.3 Å². The van der Waals surface area contributed by atoms with E-state index in [0.717, 1.165) is 25.2 Å². The van der Waals surface area contributed by atoms with Gasteiger partial charge >= 0.3 is 5.97 Å². The summed E-state index contributed by atoms with van der Waals surface area (Å²) in [5.74, 6) is -0.770. The fourth-order valence-electron chi connectivity index (χ4n) is 2.55. The van der Waals surface area contributed by atoms with Crippen LogP contribution in [0.2, 0.25) is 0 Å². The summed E-state index contributed by atoms with van der Waals surface area (Å²) in [7, 11) is 0. The van der Waals surface area contributed by atoms with E-state index in [9.17, 15) is 9.90 Å². The van der Waals surface area contributed by atoms with E-state index in [2.05, 4.69) is 24.1 Å². The van der Waals surface area contributed by atoms with Crippen LogP contribution < -0.4 is 5.32 Å². The minimum absolute atomic E-state index is 0.512. The predicted molar refractivity (Wildman–Crippen MR) is 86.6 cm³/mol. The molecule has 1 unspecified atom stereocenters. The third-order valence-electron chi connectivity index (χ3n) is 4.15. The number of aliphatic carboxylic acids is 1. The second-order valence-electron chi connectivity index (χ2n) is 5.36. The average molecular weight is 292 g/mol. The van der Waals surface area contributed by atoms with E-state index >= 15 is 0 Å². The Bertz CT molecular complexity index is 418.